The number of nitrogens with zero attached hydrogens (tertiary/aromatic N) is 3. The van der Waals surface area contributed by atoms with Gasteiger partial charge in [0.05, 0.1) is 34.7 Å². The predicted octanol–water partition coefficient (Wildman–Crippen LogP) is 3.05. The molecule has 0 aliphatic rings. The van der Waals surface area contributed by atoms with Gasteiger partial charge in [0, 0.05) is 6.07 Å². The SMILES string of the molecule is [2H]C([2H])([2H])Oc1cnc2cnn(-c3cccc(C)c3C)c2c1. The van der Waals surface area contributed by atoms with Gasteiger partial charge in [-0.3, -0.25) is 0 Å². The number of benzene rings is 1. The Morgan fingerprint density at radius 3 is 3.00 bits per heavy atom. The molecular weight excluding hydrogens is 238 g/mol. The quantitative estimate of drug-likeness (QED) is 0.707. The number of fused-ring (bicyclic) bond motifs is 1. The number of pyridine rings is 1. The average Bonchev–Trinajstić information content (AvgIpc) is 2.83. The van der Waals surface area contributed by atoms with E-state index >= 15 is 0 Å². The fraction of sp³-hybridized carbons (Fsp3) is 0.200. The molecule has 1 aromatic carbocycles. The molecule has 2 aromatic heterocycles. The second kappa shape index (κ2) is 4.39. The van der Waals surface area contributed by atoms with E-state index in [2.05, 4.69) is 10.1 Å². The van der Waals surface area contributed by atoms with Gasteiger partial charge in [-0.25, -0.2) is 9.67 Å². The minimum Gasteiger partial charge on any atom is -0.495 e. The van der Waals surface area contributed by atoms with Crippen molar-refractivity contribution in [2.75, 3.05) is 7.04 Å². The highest BCUT2D eigenvalue weighted by Crippen LogP contribution is 2.23. The van der Waals surface area contributed by atoms with E-state index in [1.807, 2.05) is 32.0 Å². The second-order valence-corrected chi connectivity index (χ2v) is 4.45. The summed E-state index contributed by atoms with van der Waals surface area (Å²) in [6, 6.07) is 7.60. The number of hydrogen-bond acceptors (Lipinski definition) is 3. The highest BCUT2D eigenvalue weighted by atomic mass is 16.5. The topological polar surface area (TPSA) is 39.9 Å². The minimum atomic E-state index is -2.50. The van der Waals surface area contributed by atoms with Crippen LogP contribution in [0.3, 0.4) is 0 Å². The summed E-state index contributed by atoms with van der Waals surface area (Å²) >= 11 is 0. The zero-order valence-corrected chi connectivity index (χ0v) is 10.7. The van der Waals surface area contributed by atoms with Gasteiger partial charge in [-0.2, -0.15) is 5.10 Å². The largest absolute Gasteiger partial charge is 0.495 e. The molecule has 3 rings (SSSR count). The predicted molar refractivity (Wildman–Crippen MR) is 74.9 cm³/mol. The molecule has 0 atom stereocenters. The number of hydrogen-bond donors (Lipinski definition) is 0. The first-order valence-electron chi connectivity index (χ1n) is 7.44. The lowest BCUT2D eigenvalue weighted by molar-refractivity contribution is 0.413. The Labute approximate surface area is 115 Å². The van der Waals surface area contributed by atoms with Gasteiger partial charge >= 0.3 is 0 Å². The van der Waals surface area contributed by atoms with Gasteiger partial charge in [0.25, 0.3) is 0 Å². The van der Waals surface area contributed by atoms with E-state index in [-0.39, 0.29) is 5.75 Å². The second-order valence-electron chi connectivity index (χ2n) is 4.45. The number of rotatable bonds is 2. The Bertz CT molecular complexity index is 840. The maximum Gasteiger partial charge on any atom is 0.139 e. The maximum atomic E-state index is 7.18. The van der Waals surface area contributed by atoms with Crippen molar-refractivity contribution < 1.29 is 8.85 Å². The molecular formula is C15H15N3O. The summed E-state index contributed by atoms with van der Waals surface area (Å²) in [5.74, 6) is 0.194. The first kappa shape index (κ1) is 8.69. The third-order valence-corrected chi connectivity index (χ3v) is 3.32. The van der Waals surface area contributed by atoms with Crippen LogP contribution in [-0.2, 0) is 0 Å². The molecule has 4 heteroatoms. The monoisotopic (exact) mass is 256 g/mol. The van der Waals surface area contributed by atoms with Crippen molar-refractivity contribution >= 4 is 11.0 Å². The summed E-state index contributed by atoms with van der Waals surface area (Å²) in [5.41, 5.74) is 4.58. The summed E-state index contributed by atoms with van der Waals surface area (Å²) in [5, 5.41) is 4.36. The van der Waals surface area contributed by atoms with Crippen LogP contribution in [0.4, 0.5) is 0 Å². The molecule has 0 bridgehead atoms. The van der Waals surface area contributed by atoms with E-state index in [0.717, 1.165) is 16.8 Å². The van der Waals surface area contributed by atoms with Crippen LogP contribution in [0.1, 0.15) is 15.2 Å². The van der Waals surface area contributed by atoms with Crippen LogP contribution in [0.5, 0.6) is 5.75 Å². The van der Waals surface area contributed by atoms with E-state index in [4.69, 9.17) is 8.85 Å². The lowest BCUT2D eigenvalue weighted by Crippen LogP contribution is -2.00. The van der Waals surface area contributed by atoms with Crippen molar-refractivity contribution in [2.45, 2.75) is 13.8 Å². The first-order chi connectivity index (χ1) is 10.3. The van der Waals surface area contributed by atoms with Gasteiger partial charge in [0.1, 0.15) is 11.3 Å². The number of ether oxygens (including phenoxy) is 1. The zero-order chi connectivity index (χ0) is 15.9. The molecule has 0 spiro atoms. The molecule has 0 saturated heterocycles. The Balaban J connectivity index is 2.14. The highest BCUT2D eigenvalue weighted by molar-refractivity contribution is 5.77. The lowest BCUT2D eigenvalue weighted by atomic mass is 10.1. The molecule has 4 nitrogen and oxygen atoms in total. The van der Waals surface area contributed by atoms with Crippen LogP contribution in [-0.4, -0.2) is 21.8 Å². The van der Waals surface area contributed by atoms with E-state index in [1.54, 1.807) is 16.9 Å². The van der Waals surface area contributed by atoms with Crippen molar-refractivity contribution in [1.82, 2.24) is 14.8 Å². The van der Waals surface area contributed by atoms with Crippen LogP contribution in [0.2, 0.25) is 0 Å². The van der Waals surface area contributed by atoms with Gasteiger partial charge in [0.15, 0.2) is 0 Å². The summed E-state index contributed by atoms with van der Waals surface area (Å²) in [6.07, 6.45) is 3.04. The van der Waals surface area contributed by atoms with Crippen molar-refractivity contribution in [2.24, 2.45) is 0 Å². The number of aryl methyl sites for hydroxylation is 1. The van der Waals surface area contributed by atoms with Gasteiger partial charge < -0.3 is 4.74 Å². The molecule has 0 fully saturated rings. The fourth-order valence-corrected chi connectivity index (χ4v) is 2.10. The third-order valence-electron chi connectivity index (χ3n) is 3.32. The number of aromatic nitrogens is 3. The molecule has 0 radical (unpaired) electrons. The summed E-state index contributed by atoms with van der Waals surface area (Å²) < 4.78 is 28.2. The van der Waals surface area contributed by atoms with Crippen LogP contribution in [0, 0.1) is 13.8 Å². The van der Waals surface area contributed by atoms with E-state index in [0.29, 0.717) is 11.0 Å². The van der Waals surface area contributed by atoms with Gasteiger partial charge in [-0.05, 0) is 31.0 Å². The molecule has 2 heterocycles. The highest BCUT2D eigenvalue weighted by Gasteiger charge is 2.10. The van der Waals surface area contributed by atoms with Crippen LogP contribution in [0.15, 0.2) is 36.7 Å². The van der Waals surface area contributed by atoms with Gasteiger partial charge in [0.2, 0.25) is 0 Å². The summed E-state index contributed by atoms with van der Waals surface area (Å²) in [6.45, 7) is 4.06. The van der Waals surface area contributed by atoms with Crippen molar-refractivity contribution in [3.05, 3.63) is 47.8 Å². The first-order valence-corrected chi connectivity index (χ1v) is 5.94. The molecule has 0 unspecified atom stereocenters. The van der Waals surface area contributed by atoms with Crippen LogP contribution < -0.4 is 4.74 Å². The zero-order valence-electron chi connectivity index (χ0n) is 13.7. The Kier molecular flexibility index (Phi) is 2.01. The summed E-state index contributed by atoms with van der Waals surface area (Å²) in [4.78, 5) is 4.21. The minimum absolute atomic E-state index is 0.194. The maximum absolute atomic E-state index is 7.18. The van der Waals surface area contributed by atoms with Crippen LogP contribution >= 0.6 is 0 Å². The Morgan fingerprint density at radius 1 is 1.26 bits per heavy atom. The molecule has 19 heavy (non-hydrogen) atoms. The summed E-state index contributed by atoms with van der Waals surface area (Å²) in [7, 11) is -2.50. The molecule has 3 aromatic rings. The normalized spacial score (nSPS) is 13.9. The Hall–Kier alpha value is -2.36. The van der Waals surface area contributed by atoms with Gasteiger partial charge in [-0.1, -0.05) is 12.1 Å². The number of methoxy groups -OCH3 is 1. The molecule has 96 valence electrons. The van der Waals surface area contributed by atoms with E-state index in [1.165, 1.54) is 6.20 Å². The average molecular weight is 256 g/mol. The van der Waals surface area contributed by atoms with E-state index in [9.17, 15) is 0 Å². The molecule has 0 aliphatic heterocycles. The molecule has 0 amide bonds. The van der Waals surface area contributed by atoms with Crippen molar-refractivity contribution in [3.8, 4) is 11.4 Å². The standard InChI is InChI=1S/C15H15N3O/c1-10-5-4-6-14(11(10)2)18-15-7-12(19-3)8-16-13(15)9-17-18/h4-9H,1-3H3/i3D3. The molecule has 0 saturated carbocycles. The van der Waals surface area contributed by atoms with Crippen LogP contribution in [0.25, 0.3) is 16.7 Å². The Morgan fingerprint density at radius 2 is 2.16 bits per heavy atom. The molecule has 0 aliphatic carbocycles. The van der Waals surface area contributed by atoms with Crippen molar-refractivity contribution in [1.29, 1.82) is 0 Å². The fourth-order valence-electron chi connectivity index (χ4n) is 2.10. The van der Waals surface area contributed by atoms with E-state index < -0.39 is 7.04 Å². The van der Waals surface area contributed by atoms with Crippen molar-refractivity contribution in [3.63, 3.8) is 0 Å². The molecule has 0 N–H and O–H groups in total. The lowest BCUT2D eigenvalue weighted by Gasteiger charge is -2.09. The smallest absolute Gasteiger partial charge is 0.139 e. The van der Waals surface area contributed by atoms with Gasteiger partial charge in [-0.15, -0.1) is 0 Å². The third kappa shape index (κ3) is 1.85.